The minimum Gasteiger partial charge on any atom is -0.303 e. The molecule has 0 spiro atoms. The molecule has 92 valence electrons. The molecule has 0 bridgehead atoms. The predicted octanol–water partition coefficient (Wildman–Crippen LogP) is 3.45. The topological polar surface area (TPSA) is 3.24 Å². The van der Waals surface area contributed by atoms with Crippen LogP contribution in [-0.2, 0) is 6.42 Å². The second kappa shape index (κ2) is 4.45. The maximum absolute atomic E-state index is 2.62. The highest BCUT2D eigenvalue weighted by Crippen LogP contribution is 2.43. The van der Waals surface area contributed by atoms with Gasteiger partial charge in [-0.15, -0.1) is 0 Å². The number of fused-ring (bicyclic) bond motifs is 3. The maximum atomic E-state index is 2.62. The Morgan fingerprint density at radius 3 is 2.94 bits per heavy atom. The molecule has 3 unspecified atom stereocenters. The van der Waals surface area contributed by atoms with Gasteiger partial charge in [0.25, 0.3) is 0 Å². The standard InChI is InChI=1S/C16H23N/c1-3-12-11-13-7-4-5-8-14(13)15-9-6-10-17(2)16(12)15/h4-5,7-8,12,15-16H,3,6,9-11H2,1-2H3. The van der Waals surface area contributed by atoms with Gasteiger partial charge in [-0.25, -0.2) is 0 Å². The molecule has 1 nitrogen and oxygen atoms in total. The number of likely N-dealkylation sites (tertiary alicyclic amines) is 1. The van der Waals surface area contributed by atoms with Crippen molar-refractivity contribution in [2.24, 2.45) is 5.92 Å². The lowest BCUT2D eigenvalue weighted by atomic mass is 9.68. The first-order valence-electron chi connectivity index (χ1n) is 7.09. The van der Waals surface area contributed by atoms with Crippen LogP contribution in [0.4, 0.5) is 0 Å². The van der Waals surface area contributed by atoms with Crippen molar-refractivity contribution in [3.8, 4) is 0 Å². The van der Waals surface area contributed by atoms with Crippen LogP contribution in [0.1, 0.15) is 43.2 Å². The van der Waals surface area contributed by atoms with Crippen molar-refractivity contribution in [1.82, 2.24) is 4.90 Å². The third-order valence-corrected chi connectivity index (χ3v) is 4.89. The average molecular weight is 229 g/mol. The van der Waals surface area contributed by atoms with Crippen LogP contribution >= 0.6 is 0 Å². The molecule has 3 atom stereocenters. The van der Waals surface area contributed by atoms with Gasteiger partial charge >= 0.3 is 0 Å². The summed E-state index contributed by atoms with van der Waals surface area (Å²) >= 11 is 0. The van der Waals surface area contributed by atoms with Gasteiger partial charge in [0.05, 0.1) is 0 Å². The Bertz CT molecular complexity index is 398. The second-order valence-electron chi connectivity index (χ2n) is 5.79. The highest BCUT2D eigenvalue weighted by Gasteiger charge is 2.39. The highest BCUT2D eigenvalue weighted by atomic mass is 15.1. The maximum Gasteiger partial charge on any atom is 0.0192 e. The minimum atomic E-state index is 0.795. The summed E-state index contributed by atoms with van der Waals surface area (Å²) in [7, 11) is 2.33. The molecule has 1 aromatic rings. The number of nitrogens with zero attached hydrogens (tertiary/aromatic N) is 1. The number of likely N-dealkylation sites (N-methyl/N-ethyl adjacent to an activating group) is 1. The van der Waals surface area contributed by atoms with Crippen LogP contribution in [0.2, 0.25) is 0 Å². The van der Waals surface area contributed by atoms with E-state index >= 15 is 0 Å². The fourth-order valence-electron chi connectivity index (χ4n) is 4.09. The molecular formula is C16H23N. The normalized spacial score (nSPS) is 32.9. The van der Waals surface area contributed by atoms with E-state index in [-0.39, 0.29) is 0 Å². The molecule has 1 aromatic carbocycles. The Morgan fingerprint density at radius 2 is 2.12 bits per heavy atom. The van der Waals surface area contributed by atoms with Gasteiger partial charge in [0.15, 0.2) is 0 Å². The van der Waals surface area contributed by atoms with Crippen molar-refractivity contribution >= 4 is 0 Å². The summed E-state index contributed by atoms with van der Waals surface area (Å²) in [5.74, 6) is 1.66. The van der Waals surface area contributed by atoms with Crippen LogP contribution in [0.25, 0.3) is 0 Å². The van der Waals surface area contributed by atoms with Crippen molar-refractivity contribution in [2.75, 3.05) is 13.6 Å². The average Bonchev–Trinajstić information content (AvgIpc) is 2.38. The smallest absolute Gasteiger partial charge is 0.0192 e. The lowest BCUT2D eigenvalue weighted by molar-refractivity contribution is 0.0937. The Kier molecular flexibility index (Phi) is 2.96. The van der Waals surface area contributed by atoms with E-state index in [9.17, 15) is 0 Å². The molecular weight excluding hydrogens is 206 g/mol. The Balaban J connectivity index is 2.02. The lowest BCUT2D eigenvalue weighted by Gasteiger charge is -2.47. The van der Waals surface area contributed by atoms with Crippen molar-refractivity contribution < 1.29 is 0 Å². The van der Waals surface area contributed by atoms with Crippen LogP contribution < -0.4 is 0 Å². The molecule has 17 heavy (non-hydrogen) atoms. The van der Waals surface area contributed by atoms with Gasteiger partial charge in [0, 0.05) is 12.0 Å². The summed E-state index contributed by atoms with van der Waals surface area (Å²) in [6.07, 6.45) is 5.36. The third kappa shape index (κ3) is 1.81. The zero-order valence-electron chi connectivity index (χ0n) is 11.0. The molecule has 0 saturated carbocycles. The molecule has 1 aliphatic carbocycles. The van der Waals surface area contributed by atoms with Gasteiger partial charge in [0.1, 0.15) is 0 Å². The van der Waals surface area contributed by atoms with E-state index < -0.39 is 0 Å². The Labute approximate surface area is 105 Å². The molecule has 1 saturated heterocycles. The van der Waals surface area contributed by atoms with Crippen LogP contribution in [0.3, 0.4) is 0 Å². The Morgan fingerprint density at radius 1 is 1.29 bits per heavy atom. The Hall–Kier alpha value is -0.820. The summed E-state index contributed by atoms with van der Waals surface area (Å²) < 4.78 is 0. The molecule has 0 aromatic heterocycles. The third-order valence-electron chi connectivity index (χ3n) is 4.89. The number of piperidine rings is 1. The van der Waals surface area contributed by atoms with Gasteiger partial charge < -0.3 is 4.90 Å². The van der Waals surface area contributed by atoms with Crippen molar-refractivity contribution in [3.63, 3.8) is 0 Å². The number of hydrogen-bond donors (Lipinski definition) is 0. The zero-order chi connectivity index (χ0) is 11.8. The van der Waals surface area contributed by atoms with E-state index in [1.165, 1.54) is 32.2 Å². The molecule has 0 amide bonds. The first kappa shape index (κ1) is 11.3. The molecule has 0 N–H and O–H groups in total. The van der Waals surface area contributed by atoms with Crippen LogP contribution in [-0.4, -0.2) is 24.5 Å². The summed E-state index contributed by atoms with van der Waals surface area (Å²) in [6.45, 7) is 3.65. The molecule has 0 radical (unpaired) electrons. The summed E-state index contributed by atoms with van der Waals surface area (Å²) in [4.78, 5) is 2.62. The number of hydrogen-bond acceptors (Lipinski definition) is 1. The first-order valence-corrected chi connectivity index (χ1v) is 7.09. The van der Waals surface area contributed by atoms with Crippen LogP contribution in [0, 0.1) is 5.92 Å². The summed E-state index contributed by atoms with van der Waals surface area (Å²) in [5.41, 5.74) is 3.27. The molecule has 1 aliphatic heterocycles. The molecule has 1 heteroatoms. The number of rotatable bonds is 1. The number of benzene rings is 1. The van der Waals surface area contributed by atoms with Gasteiger partial charge in [0.2, 0.25) is 0 Å². The molecule has 1 heterocycles. The van der Waals surface area contributed by atoms with E-state index in [1.54, 1.807) is 11.1 Å². The molecule has 2 aliphatic rings. The van der Waals surface area contributed by atoms with E-state index in [1.807, 2.05) is 0 Å². The van der Waals surface area contributed by atoms with Gasteiger partial charge in [-0.1, -0.05) is 37.6 Å². The van der Waals surface area contributed by atoms with Crippen molar-refractivity contribution in [1.29, 1.82) is 0 Å². The van der Waals surface area contributed by atoms with E-state index in [0.717, 1.165) is 17.9 Å². The van der Waals surface area contributed by atoms with Crippen molar-refractivity contribution in [2.45, 2.75) is 44.6 Å². The van der Waals surface area contributed by atoms with E-state index in [2.05, 4.69) is 43.1 Å². The fourth-order valence-corrected chi connectivity index (χ4v) is 4.09. The quantitative estimate of drug-likeness (QED) is 0.713. The fraction of sp³-hybridized carbons (Fsp3) is 0.625. The van der Waals surface area contributed by atoms with E-state index in [0.29, 0.717) is 0 Å². The van der Waals surface area contributed by atoms with Crippen molar-refractivity contribution in [3.05, 3.63) is 35.4 Å². The predicted molar refractivity (Wildman–Crippen MR) is 72.3 cm³/mol. The van der Waals surface area contributed by atoms with Gasteiger partial charge in [-0.2, -0.15) is 0 Å². The van der Waals surface area contributed by atoms with Gasteiger partial charge in [-0.05, 0) is 49.9 Å². The van der Waals surface area contributed by atoms with Crippen LogP contribution in [0.5, 0.6) is 0 Å². The van der Waals surface area contributed by atoms with E-state index in [4.69, 9.17) is 0 Å². The largest absolute Gasteiger partial charge is 0.303 e. The van der Waals surface area contributed by atoms with Gasteiger partial charge in [-0.3, -0.25) is 0 Å². The molecule has 1 fully saturated rings. The second-order valence-corrected chi connectivity index (χ2v) is 5.79. The van der Waals surface area contributed by atoms with Crippen LogP contribution in [0.15, 0.2) is 24.3 Å². The minimum absolute atomic E-state index is 0.795. The zero-order valence-corrected chi connectivity index (χ0v) is 11.0. The monoisotopic (exact) mass is 229 g/mol. The molecule has 3 rings (SSSR count). The highest BCUT2D eigenvalue weighted by molar-refractivity contribution is 5.35. The lowest BCUT2D eigenvalue weighted by Crippen LogP contribution is -2.49. The SMILES string of the molecule is CCC1Cc2ccccc2C2CCCN(C)C12. The summed E-state index contributed by atoms with van der Waals surface area (Å²) in [6, 6.07) is 9.94. The summed E-state index contributed by atoms with van der Waals surface area (Å²) in [5, 5.41) is 0. The first-order chi connectivity index (χ1) is 8.31.